The number of halogens is 1. The fraction of sp³-hybridized carbons (Fsp3) is 0.182. The molecule has 10 heteroatoms. The van der Waals surface area contributed by atoms with Gasteiger partial charge in [-0.1, -0.05) is 6.07 Å². The molecule has 0 atom stereocenters. The third-order valence-corrected chi connectivity index (χ3v) is 3.73. The SMILES string of the molecule is CCOc1n[nH]c(NS(=O)(=O)c2cccc(F)c2C#N)n1. The minimum absolute atomic E-state index is 0.0325. The van der Waals surface area contributed by atoms with Crippen molar-refractivity contribution in [3.63, 3.8) is 0 Å². The summed E-state index contributed by atoms with van der Waals surface area (Å²) in [6, 6.07) is 4.79. The maximum absolute atomic E-state index is 13.5. The number of nitriles is 1. The van der Waals surface area contributed by atoms with Gasteiger partial charge in [0, 0.05) is 0 Å². The molecule has 0 saturated heterocycles. The second-order valence-electron chi connectivity index (χ2n) is 3.73. The van der Waals surface area contributed by atoms with Crippen molar-refractivity contribution in [2.75, 3.05) is 11.3 Å². The first-order valence-electron chi connectivity index (χ1n) is 5.74. The van der Waals surface area contributed by atoms with E-state index in [1.807, 2.05) is 0 Å². The van der Waals surface area contributed by atoms with Gasteiger partial charge in [0.1, 0.15) is 22.3 Å². The number of hydrogen-bond donors (Lipinski definition) is 2. The first kappa shape index (κ1) is 14.7. The minimum atomic E-state index is -4.18. The Balaban J connectivity index is 2.34. The van der Waals surface area contributed by atoms with Gasteiger partial charge in [-0.3, -0.25) is 0 Å². The van der Waals surface area contributed by atoms with Crippen molar-refractivity contribution in [2.24, 2.45) is 0 Å². The molecule has 0 fully saturated rings. The molecule has 0 aliphatic carbocycles. The maximum Gasteiger partial charge on any atom is 0.337 e. The largest absolute Gasteiger partial charge is 0.463 e. The zero-order chi connectivity index (χ0) is 15.5. The molecule has 0 amide bonds. The number of aromatic nitrogens is 3. The van der Waals surface area contributed by atoms with Gasteiger partial charge in [0.25, 0.3) is 10.0 Å². The van der Waals surface area contributed by atoms with E-state index in [-0.39, 0.29) is 12.0 Å². The molecule has 0 radical (unpaired) electrons. The highest BCUT2D eigenvalue weighted by Gasteiger charge is 2.22. The predicted molar refractivity (Wildman–Crippen MR) is 69.5 cm³/mol. The van der Waals surface area contributed by atoms with Crippen LogP contribution in [-0.2, 0) is 10.0 Å². The first-order chi connectivity index (χ1) is 9.97. The topological polar surface area (TPSA) is 121 Å². The summed E-state index contributed by atoms with van der Waals surface area (Å²) in [5.41, 5.74) is -0.574. The van der Waals surface area contributed by atoms with Crippen molar-refractivity contribution in [3.8, 4) is 12.1 Å². The molecular formula is C11H10FN5O3S. The van der Waals surface area contributed by atoms with Crippen LogP contribution in [0.25, 0.3) is 0 Å². The predicted octanol–water partition coefficient (Wildman–Crippen LogP) is 1.01. The monoisotopic (exact) mass is 311 g/mol. The Morgan fingerprint density at radius 1 is 1.52 bits per heavy atom. The molecule has 110 valence electrons. The average Bonchev–Trinajstić information content (AvgIpc) is 2.85. The molecule has 0 unspecified atom stereocenters. The van der Waals surface area contributed by atoms with Crippen molar-refractivity contribution in [3.05, 3.63) is 29.6 Å². The van der Waals surface area contributed by atoms with Crippen LogP contribution in [0, 0.1) is 17.1 Å². The highest BCUT2D eigenvalue weighted by molar-refractivity contribution is 7.92. The standard InChI is InChI=1S/C11H10FN5O3S/c1-2-20-11-14-10(15-16-11)17-21(18,19)9-5-3-4-8(12)7(9)6-13/h3-5H,2H2,1H3,(H2,14,15,16,17). The van der Waals surface area contributed by atoms with Crippen LogP contribution in [0.5, 0.6) is 6.01 Å². The fourth-order valence-electron chi connectivity index (χ4n) is 1.50. The van der Waals surface area contributed by atoms with Crippen LogP contribution in [0.2, 0.25) is 0 Å². The van der Waals surface area contributed by atoms with Gasteiger partial charge in [-0.2, -0.15) is 10.2 Å². The van der Waals surface area contributed by atoms with Crippen molar-refractivity contribution in [1.29, 1.82) is 5.26 Å². The van der Waals surface area contributed by atoms with E-state index in [1.165, 1.54) is 12.1 Å². The highest BCUT2D eigenvalue weighted by Crippen LogP contribution is 2.20. The zero-order valence-electron chi connectivity index (χ0n) is 10.8. The van der Waals surface area contributed by atoms with E-state index in [0.29, 0.717) is 6.61 Å². The van der Waals surface area contributed by atoms with Gasteiger partial charge in [0.2, 0.25) is 5.95 Å². The summed E-state index contributed by atoms with van der Waals surface area (Å²) in [7, 11) is -4.18. The molecule has 2 N–H and O–H groups in total. The van der Waals surface area contributed by atoms with Gasteiger partial charge in [-0.25, -0.2) is 22.6 Å². The Morgan fingerprint density at radius 3 is 2.95 bits per heavy atom. The van der Waals surface area contributed by atoms with Crippen LogP contribution in [0.15, 0.2) is 23.1 Å². The van der Waals surface area contributed by atoms with Gasteiger partial charge < -0.3 is 4.74 Å². The molecule has 1 heterocycles. The summed E-state index contributed by atoms with van der Waals surface area (Å²) in [5.74, 6) is -1.13. The van der Waals surface area contributed by atoms with Crippen molar-refractivity contribution in [2.45, 2.75) is 11.8 Å². The van der Waals surface area contributed by atoms with E-state index in [1.54, 1.807) is 6.92 Å². The molecule has 0 aliphatic rings. The number of nitrogens with zero attached hydrogens (tertiary/aromatic N) is 3. The third-order valence-electron chi connectivity index (χ3n) is 2.35. The lowest BCUT2D eigenvalue weighted by atomic mass is 10.2. The van der Waals surface area contributed by atoms with Gasteiger partial charge in [0.15, 0.2) is 0 Å². The number of rotatable bonds is 5. The number of aromatic amines is 1. The molecule has 8 nitrogen and oxygen atoms in total. The summed E-state index contributed by atoms with van der Waals surface area (Å²) in [4.78, 5) is 3.25. The molecule has 2 rings (SSSR count). The van der Waals surface area contributed by atoms with E-state index < -0.39 is 26.3 Å². The molecule has 0 bridgehead atoms. The number of anilines is 1. The van der Waals surface area contributed by atoms with E-state index in [9.17, 15) is 12.8 Å². The van der Waals surface area contributed by atoms with E-state index in [2.05, 4.69) is 19.9 Å². The third kappa shape index (κ3) is 3.09. The summed E-state index contributed by atoms with van der Waals surface area (Å²) in [6.45, 7) is 2.03. The van der Waals surface area contributed by atoms with Crippen LogP contribution in [-0.4, -0.2) is 30.2 Å². The Hall–Kier alpha value is -2.67. The molecule has 1 aromatic carbocycles. The minimum Gasteiger partial charge on any atom is -0.463 e. The van der Waals surface area contributed by atoms with Crippen LogP contribution < -0.4 is 9.46 Å². The second kappa shape index (κ2) is 5.76. The second-order valence-corrected chi connectivity index (χ2v) is 5.38. The van der Waals surface area contributed by atoms with E-state index >= 15 is 0 Å². The Morgan fingerprint density at radius 2 is 2.29 bits per heavy atom. The van der Waals surface area contributed by atoms with E-state index in [0.717, 1.165) is 12.1 Å². The maximum atomic E-state index is 13.5. The van der Waals surface area contributed by atoms with Gasteiger partial charge in [-0.05, 0) is 19.1 Å². The average molecular weight is 311 g/mol. The number of sulfonamides is 1. The van der Waals surface area contributed by atoms with E-state index in [4.69, 9.17) is 10.00 Å². The van der Waals surface area contributed by atoms with Crippen molar-refractivity contribution >= 4 is 16.0 Å². The quantitative estimate of drug-likeness (QED) is 0.850. The molecule has 0 spiro atoms. The fourth-order valence-corrected chi connectivity index (χ4v) is 2.63. The van der Waals surface area contributed by atoms with Crippen molar-refractivity contribution in [1.82, 2.24) is 15.2 Å². The molecule has 0 saturated carbocycles. The number of hydrogen-bond acceptors (Lipinski definition) is 6. The smallest absolute Gasteiger partial charge is 0.337 e. The van der Waals surface area contributed by atoms with Gasteiger partial charge >= 0.3 is 6.01 Å². The normalized spacial score (nSPS) is 10.9. The summed E-state index contributed by atoms with van der Waals surface area (Å²) in [5, 5.41) is 14.8. The Bertz CT molecular complexity index is 796. The lowest BCUT2D eigenvalue weighted by Gasteiger charge is -2.06. The Labute approximate surface area is 119 Å². The number of H-pyrrole nitrogens is 1. The summed E-state index contributed by atoms with van der Waals surface area (Å²) >= 11 is 0. The summed E-state index contributed by atoms with van der Waals surface area (Å²) < 4.78 is 44.8. The lowest BCUT2D eigenvalue weighted by Crippen LogP contribution is -2.16. The summed E-state index contributed by atoms with van der Waals surface area (Å²) in [6.07, 6.45) is 0. The van der Waals surface area contributed by atoms with Crippen LogP contribution in [0.1, 0.15) is 12.5 Å². The van der Waals surface area contributed by atoms with Gasteiger partial charge in [-0.15, -0.1) is 5.10 Å². The number of benzene rings is 1. The molecule has 2 aromatic rings. The number of nitrogens with one attached hydrogen (secondary N) is 2. The van der Waals surface area contributed by atoms with Gasteiger partial charge in [0.05, 0.1) is 6.61 Å². The van der Waals surface area contributed by atoms with Crippen LogP contribution in [0.3, 0.4) is 0 Å². The van der Waals surface area contributed by atoms with Crippen LogP contribution in [0.4, 0.5) is 10.3 Å². The lowest BCUT2D eigenvalue weighted by molar-refractivity contribution is 0.314. The molecule has 0 aliphatic heterocycles. The highest BCUT2D eigenvalue weighted by atomic mass is 32.2. The zero-order valence-corrected chi connectivity index (χ0v) is 11.6. The van der Waals surface area contributed by atoms with Crippen molar-refractivity contribution < 1.29 is 17.5 Å². The molecular weight excluding hydrogens is 301 g/mol. The Kier molecular flexibility index (Phi) is 4.04. The van der Waals surface area contributed by atoms with Crippen LogP contribution >= 0.6 is 0 Å². The first-order valence-corrected chi connectivity index (χ1v) is 7.23. The molecule has 1 aromatic heterocycles. The number of ether oxygens (including phenoxy) is 1. The molecule has 21 heavy (non-hydrogen) atoms.